The van der Waals surface area contributed by atoms with Crippen molar-refractivity contribution < 1.29 is 9.90 Å². The predicted molar refractivity (Wildman–Crippen MR) is 65.8 cm³/mol. The highest BCUT2D eigenvalue weighted by Crippen LogP contribution is 2.33. The SMILES string of the molecule is C[C@H]1CCN1c1nc2ncc(C(=O)O)cc2s1. The fraction of sp³-hybridized carbons (Fsp3) is 0.364. The molecule has 1 N–H and O–H groups in total. The van der Waals surface area contributed by atoms with Crippen molar-refractivity contribution in [3.05, 3.63) is 17.8 Å². The Hall–Kier alpha value is -1.69. The van der Waals surface area contributed by atoms with Crippen LogP contribution >= 0.6 is 11.3 Å². The number of carboxylic acids is 1. The number of hydrogen-bond acceptors (Lipinski definition) is 5. The first-order chi connectivity index (χ1) is 8.15. The number of aromatic carboxylic acids is 1. The maximum absolute atomic E-state index is 10.8. The number of fused-ring (bicyclic) bond motifs is 1. The first kappa shape index (κ1) is 10.5. The fourth-order valence-electron chi connectivity index (χ4n) is 1.85. The van der Waals surface area contributed by atoms with Crippen LogP contribution in [0.15, 0.2) is 12.3 Å². The number of anilines is 1. The number of hydrogen-bond donors (Lipinski definition) is 1. The molecule has 0 aliphatic carbocycles. The van der Waals surface area contributed by atoms with Gasteiger partial charge in [0, 0.05) is 18.8 Å². The minimum absolute atomic E-state index is 0.212. The molecule has 0 amide bonds. The Morgan fingerprint density at radius 3 is 3.06 bits per heavy atom. The van der Waals surface area contributed by atoms with Crippen LogP contribution in [-0.2, 0) is 0 Å². The molecular formula is C11H11N3O2S. The number of thiazole rings is 1. The van der Waals surface area contributed by atoms with Crippen molar-refractivity contribution in [2.75, 3.05) is 11.4 Å². The molecule has 0 radical (unpaired) electrons. The van der Waals surface area contributed by atoms with Gasteiger partial charge in [-0.1, -0.05) is 11.3 Å². The Kier molecular flexibility index (Phi) is 2.25. The molecule has 0 spiro atoms. The van der Waals surface area contributed by atoms with Crippen LogP contribution in [-0.4, -0.2) is 33.6 Å². The molecule has 0 aromatic carbocycles. The maximum Gasteiger partial charge on any atom is 0.337 e. The Balaban J connectivity index is 2.03. The van der Waals surface area contributed by atoms with Gasteiger partial charge in [-0.2, -0.15) is 4.98 Å². The number of nitrogens with zero attached hydrogens (tertiary/aromatic N) is 3. The van der Waals surface area contributed by atoms with Crippen molar-refractivity contribution >= 4 is 32.8 Å². The third kappa shape index (κ3) is 1.64. The van der Waals surface area contributed by atoms with Crippen molar-refractivity contribution in [2.45, 2.75) is 19.4 Å². The average molecular weight is 249 g/mol. The smallest absolute Gasteiger partial charge is 0.337 e. The summed E-state index contributed by atoms with van der Waals surface area (Å²) >= 11 is 1.51. The van der Waals surface area contributed by atoms with Crippen molar-refractivity contribution in [1.29, 1.82) is 0 Å². The quantitative estimate of drug-likeness (QED) is 0.881. The zero-order valence-electron chi connectivity index (χ0n) is 9.25. The van der Waals surface area contributed by atoms with Crippen LogP contribution in [0.1, 0.15) is 23.7 Å². The Labute approximate surface area is 102 Å². The van der Waals surface area contributed by atoms with Gasteiger partial charge in [0.2, 0.25) is 0 Å². The number of aromatic nitrogens is 2. The highest BCUT2D eigenvalue weighted by molar-refractivity contribution is 7.22. The monoisotopic (exact) mass is 249 g/mol. The van der Waals surface area contributed by atoms with E-state index in [2.05, 4.69) is 21.8 Å². The second kappa shape index (κ2) is 3.66. The topological polar surface area (TPSA) is 66.3 Å². The lowest BCUT2D eigenvalue weighted by atomic mass is 10.1. The van der Waals surface area contributed by atoms with Crippen molar-refractivity contribution in [3.63, 3.8) is 0 Å². The van der Waals surface area contributed by atoms with Crippen LogP contribution in [0.2, 0.25) is 0 Å². The summed E-state index contributed by atoms with van der Waals surface area (Å²) in [5.74, 6) is -0.952. The minimum atomic E-state index is -0.952. The van der Waals surface area contributed by atoms with Gasteiger partial charge in [0.1, 0.15) is 0 Å². The summed E-state index contributed by atoms with van der Waals surface area (Å²) in [5.41, 5.74) is 0.846. The molecule has 1 fully saturated rings. The summed E-state index contributed by atoms with van der Waals surface area (Å²) in [7, 11) is 0. The lowest BCUT2D eigenvalue weighted by Crippen LogP contribution is -2.45. The summed E-state index contributed by atoms with van der Waals surface area (Å²) in [4.78, 5) is 21.6. The largest absolute Gasteiger partial charge is 0.478 e. The average Bonchev–Trinajstić information content (AvgIpc) is 2.68. The molecule has 5 nitrogen and oxygen atoms in total. The fourth-order valence-corrected chi connectivity index (χ4v) is 2.94. The molecule has 3 heterocycles. The molecule has 1 saturated heterocycles. The van der Waals surface area contributed by atoms with Crippen LogP contribution in [0.4, 0.5) is 5.13 Å². The highest BCUT2D eigenvalue weighted by Gasteiger charge is 2.26. The predicted octanol–water partition coefficient (Wildman–Crippen LogP) is 1.99. The molecule has 2 aromatic rings. The lowest BCUT2D eigenvalue weighted by molar-refractivity contribution is 0.0696. The third-order valence-electron chi connectivity index (χ3n) is 3.05. The molecule has 88 valence electrons. The van der Waals surface area contributed by atoms with E-state index in [9.17, 15) is 4.79 Å². The molecule has 1 aliphatic rings. The van der Waals surface area contributed by atoms with Crippen LogP contribution < -0.4 is 4.90 Å². The van der Waals surface area contributed by atoms with Gasteiger partial charge in [-0.05, 0) is 19.4 Å². The van der Waals surface area contributed by atoms with E-state index < -0.39 is 5.97 Å². The van der Waals surface area contributed by atoms with Gasteiger partial charge in [-0.3, -0.25) is 0 Å². The molecule has 3 rings (SSSR count). The van der Waals surface area contributed by atoms with Gasteiger partial charge in [0.25, 0.3) is 0 Å². The summed E-state index contributed by atoms with van der Waals surface area (Å²) in [6, 6.07) is 2.16. The summed E-state index contributed by atoms with van der Waals surface area (Å²) in [6.45, 7) is 3.18. The summed E-state index contributed by atoms with van der Waals surface area (Å²) in [6.07, 6.45) is 2.54. The standard InChI is InChI=1S/C11H11N3O2S/c1-6-2-3-14(6)11-13-9-8(17-11)4-7(5-12-9)10(15)16/h4-6H,2-3H2,1H3,(H,15,16)/t6-/m0/s1. The zero-order chi connectivity index (χ0) is 12.0. The maximum atomic E-state index is 10.8. The van der Waals surface area contributed by atoms with Gasteiger partial charge in [-0.15, -0.1) is 0 Å². The van der Waals surface area contributed by atoms with E-state index >= 15 is 0 Å². The first-order valence-corrected chi connectivity index (χ1v) is 6.23. The van der Waals surface area contributed by atoms with Crippen molar-refractivity contribution in [1.82, 2.24) is 9.97 Å². The first-order valence-electron chi connectivity index (χ1n) is 5.41. The van der Waals surface area contributed by atoms with Crippen LogP contribution in [0, 0.1) is 0 Å². The molecule has 6 heteroatoms. The van der Waals surface area contributed by atoms with E-state index in [1.807, 2.05) is 0 Å². The highest BCUT2D eigenvalue weighted by atomic mass is 32.1. The number of rotatable bonds is 2. The summed E-state index contributed by atoms with van der Waals surface area (Å²) < 4.78 is 0.832. The van der Waals surface area contributed by atoms with Crippen molar-refractivity contribution in [3.8, 4) is 0 Å². The number of carbonyl (C=O) groups is 1. The minimum Gasteiger partial charge on any atom is -0.478 e. The molecule has 1 aliphatic heterocycles. The lowest BCUT2D eigenvalue weighted by Gasteiger charge is -2.38. The van der Waals surface area contributed by atoms with Crippen LogP contribution in [0.5, 0.6) is 0 Å². The van der Waals surface area contributed by atoms with Gasteiger partial charge in [0.15, 0.2) is 10.8 Å². The molecule has 0 saturated carbocycles. The summed E-state index contributed by atoms with van der Waals surface area (Å²) in [5, 5.41) is 9.83. The molecule has 0 unspecified atom stereocenters. The third-order valence-corrected chi connectivity index (χ3v) is 4.08. The second-order valence-corrected chi connectivity index (χ2v) is 5.19. The molecule has 2 aromatic heterocycles. The Bertz CT molecular complexity index is 595. The number of pyridine rings is 1. The second-order valence-electron chi connectivity index (χ2n) is 4.18. The Morgan fingerprint density at radius 1 is 1.65 bits per heavy atom. The normalized spacial score (nSPS) is 19.4. The van der Waals surface area contributed by atoms with E-state index in [1.165, 1.54) is 24.0 Å². The van der Waals surface area contributed by atoms with Gasteiger partial charge < -0.3 is 10.0 Å². The van der Waals surface area contributed by atoms with Crippen molar-refractivity contribution in [2.24, 2.45) is 0 Å². The molecular weight excluding hydrogens is 238 g/mol. The molecule has 0 bridgehead atoms. The van der Waals surface area contributed by atoms with E-state index in [-0.39, 0.29) is 5.56 Å². The van der Waals surface area contributed by atoms with Gasteiger partial charge >= 0.3 is 5.97 Å². The van der Waals surface area contributed by atoms with Crippen LogP contribution in [0.3, 0.4) is 0 Å². The van der Waals surface area contributed by atoms with E-state index in [0.717, 1.165) is 16.4 Å². The molecule has 1 atom stereocenters. The molecule has 17 heavy (non-hydrogen) atoms. The Morgan fingerprint density at radius 2 is 2.47 bits per heavy atom. The zero-order valence-corrected chi connectivity index (χ0v) is 10.1. The van der Waals surface area contributed by atoms with E-state index in [4.69, 9.17) is 5.11 Å². The van der Waals surface area contributed by atoms with E-state index in [0.29, 0.717) is 11.7 Å². The van der Waals surface area contributed by atoms with Crippen LogP contribution in [0.25, 0.3) is 10.3 Å². The number of carboxylic acid groups (broad SMARTS) is 1. The van der Waals surface area contributed by atoms with Gasteiger partial charge in [-0.25, -0.2) is 9.78 Å². The van der Waals surface area contributed by atoms with E-state index in [1.54, 1.807) is 6.07 Å². The van der Waals surface area contributed by atoms with Gasteiger partial charge in [0.05, 0.1) is 10.3 Å².